The third-order valence-electron chi connectivity index (χ3n) is 0. The summed E-state index contributed by atoms with van der Waals surface area (Å²) in [6.07, 6.45) is 0. The summed E-state index contributed by atoms with van der Waals surface area (Å²) in [5.41, 5.74) is 0. The van der Waals surface area contributed by atoms with Crippen molar-refractivity contribution in [3.8, 4) is 0 Å². The zero-order chi connectivity index (χ0) is 2.71. The third-order valence-corrected chi connectivity index (χ3v) is 0. The van der Waals surface area contributed by atoms with Crippen LogP contribution in [0.4, 0.5) is 0 Å². The van der Waals surface area contributed by atoms with Gasteiger partial charge in [0.05, 0.1) is 0 Å². The molecule has 0 aliphatic carbocycles. The van der Waals surface area contributed by atoms with Crippen LogP contribution >= 0.6 is 0 Å². The second kappa shape index (κ2) is 154. The molecule has 1 N–H and O–H groups in total. The summed E-state index contributed by atoms with van der Waals surface area (Å²) in [5, 5.41) is 6.89. The first-order valence-corrected chi connectivity index (χ1v) is 0.494. The van der Waals surface area contributed by atoms with Crippen LogP contribution < -0.4 is 0 Å². The molecule has 0 heterocycles. The van der Waals surface area contributed by atoms with Gasteiger partial charge in [0.15, 0.2) is 0 Å². The summed E-state index contributed by atoms with van der Waals surface area (Å²) in [6.45, 7) is -0.250. The fraction of sp³-hybridized carbons (Fsp3) is 0. The van der Waals surface area contributed by atoms with Crippen molar-refractivity contribution < 1.29 is 9.90 Å². The van der Waals surface area contributed by atoms with Gasteiger partial charge in [-0.3, -0.25) is 4.79 Å². The molecule has 21 heteroatoms. The molecule has 0 aliphatic rings. The van der Waals surface area contributed by atoms with Crippen LogP contribution in [-0.2, 0) is 4.79 Å². The van der Waals surface area contributed by atoms with Crippen molar-refractivity contribution in [3.63, 3.8) is 0 Å². The van der Waals surface area contributed by atoms with Crippen molar-refractivity contribution in [3.05, 3.63) is 0 Å². The van der Waals surface area contributed by atoms with Crippen molar-refractivity contribution in [2.24, 2.45) is 0 Å². The predicted octanol–water partition coefficient (Wildman–Crippen LogP) is -12.6. The van der Waals surface area contributed by atoms with E-state index in [9.17, 15) is 0 Å². The Morgan fingerprint density at radius 2 is 0.318 bits per heavy atom. The van der Waals surface area contributed by atoms with Crippen LogP contribution in [0.3, 0.4) is 0 Å². The van der Waals surface area contributed by atoms with Gasteiger partial charge in [-0.15, -0.1) is 0 Å². The van der Waals surface area contributed by atoms with Crippen molar-refractivity contribution in [1.82, 2.24) is 0 Å². The molecule has 56 valence electrons. The van der Waals surface area contributed by atoms with Crippen molar-refractivity contribution in [2.75, 3.05) is 0 Å². The van der Waals surface area contributed by atoms with Crippen molar-refractivity contribution >= 4 is 568 Å². The normalized spacial score (nSPS) is 0.545. The minimum atomic E-state index is -0.250. The van der Waals surface area contributed by atoms with Gasteiger partial charge >= 0.3 is 562 Å². The molecule has 0 fully saturated rings. The zero-order valence-electron chi connectivity index (χ0n) is 1.43. The number of carboxylic acid groups (broad SMARTS) is 1. The van der Waals surface area contributed by atoms with Crippen molar-refractivity contribution in [2.45, 2.75) is 0 Å². The SMILES string of the molecule is O=CO.[NaH].[NaH].[NaH].[NaH].[NaH].[NaH].[NaH].[NaH].[NaH].[NaH].[NaH].[NaH].[NaH].[NaH].[NaH].[NaH].[NaH].[NaH].[NaH]. The Labute approximate surface area is 558 Å². The van der Waals surface area contributed by atoms with Gasteiger partial charge in [0.2, 0.25) is 0 Å². The molecule has 0 spiro atoms. The van der Waals surface area contributed by atoms with Crippen LogP contribution in [0.2, 0.25) is 0 Å². The van der Waals surface area contributed by atoms with Crippen LogP contribution in [0.5, 0.6) is 0 Å². The molecule has 0 saturated carbocycles. The van der Waals surface area contributed by atoms with Crippen LogP contribution in [0.15, 0.2) is 0 Å². The average molecular weight is 502 g/mol. The van der Waals surface area contributed by atoms with E-state index >= 15 is 0 Å². The maximum atomic E-state index is 8.36. The van der Waals surface area contributed by atoms with E-state index in [4.69, 9.17) is 9.90 Å². The second-order valence-corrected chi connectivity index (χ2v) is 0.105. The third kappa shape index (κ3) is 158. The van der Waals surface area contributed by atoms with E-state index in [0.717, 1.165) is 0 Å². The number of hydrogen-bond donors (Lipinski definition) is 1. The van der Waals surface area contributed by atoms with E-state index in [-0.39, 0.29) is 568 Å². The molecule has 0 atom stereocenters. The molecule has 0 saturated heterocycles. The molecular formula is CH21Na19O2. The van der Waals surface area contributed by atoms with Gasteiger partial charge in [0, 0.05) is 0 Å². The maximum absolute atomic E-state index is 8.36. The summed E-state index contributed by atoms with van der Waals surface area (Å²) >= 11 is 0. The van der Waals surface area contributed by atoms with Crippen molar-refractivity contribution in [1.29, 1.82) is 0 Å². The van der Waals surface area contributed by atoms with Gasteiger partial charge in [-0.1, -0.05) is 0 Å². The number of hydrogen-bond acceptors (Lipinski definition) is 1. The molecule has 2 nitrogen and oxygen atoms in total. The standard InChI is InChI=1S/CH2O2.19Na.19H/c2-1-3;;;;;;;;;;;;;;;;;;;;;;;;;;;;;;;;;;;;;;/h1H,(H,2,3);;;;;;;;;;;;;;;;;;;;;;;;;;;;;;;;;;;;;;. The monoisotopic (exact) mass is 502 g/mol. The summed E-state index contributed by atoms with van der Waals surface area (Å²) in [5.74, 6) is 0. The molecule has 0 aliphatic heterocycles. The van der Waals surface area contributed by atoms with E-state index < -0.39 is 0 Å². The Morgan fingerprint density at radius 3 is 0.318 bits per heavy atom. The van der Waals surface area contributed by atoms with E-state index in [1.54, 1.807) is 0 Å². The number of rotatable bonds is 0. The number of carbonyl (C=O) groups is 1. The Hall–Kier alpha value is 18.5. The van der Waals surface area contributed by atoms with Gasteiger partial charge in [0.1, 0.15) is 0 Å². The summed E-state index contributed by atoms with van der Waals surface area (Å²) < 4.78 is 0. The summed E-state index contributed by atoms with van der Waals surface area (Å²) in [7, 11) is 0. The van der Waals surface area contributed by atoms with Gasteiger partial charge in [0.25, 0.3) is 6.47 Å². The van der Waals surface area contributed by atoms with Crippen LogP contribution in [0, 0.1) is 0 Å². The first-order valence-electron chi connectivity index (χ1n) is 0.494. The molecule has 0 aromatic heterocycles. The Kier molecular flexibility index (Phi) is 1050. The van der Waals surface area contributed by atoms with Gasteiger partial charge in [-0.2, -0.15) is 0 Å². The Bertz CT molecular complexity index is 22.9. The van der Waals surface area contributed by atoms with Gasteiger partial charge in [-0.25, -0.2) is 0 Å². The van der Waals surface area contributed by atoms with Crippen LogP contribution in [-0.4, -0.2) is 573 Å². The summed E-state index contributed by atoms with van der Waals surface area (Å²) in [6, 6.07) is 0. The predicted molar refractivity (Wildman–Crippen MR) is 145 cm³/mol. The summed E-state index contributed by atoms with van der Waals surface area (Å²) in [4.78, 5) is 8.36. The van der Waals surface area contributed by atoms with E-state index in [1.807, 2.05) is 0 Å². The van der Waals surface area contributed by atoms with Crippen LogP contribution in [0.1, 0.15) is 0 Å². The van der Waals surface area contributed by atoms with E-state index in [0.29, 0.717) is 0 Å². The van der Waals surface area contributed by atoms with E-state index in [1.165, 1.54) is 0 Å². The zero-order valence-corrected chi connectivity index (χ0v) is 1.43. The van der Waals surface area contributed by atoms with Gasteiger partial charge in [-0.05, 0) is 0 Å². The fourth-order valence-corrected chi connectivity index (χ4v) is 0. The second-order valence-electron chi connectivity index (χ2n) is 0.105. The molecule has 0 bridgehead atoms. The molecule has 22 heavy (non-hydrogen) atoms. The molecule has 0 rings (SSSR count). The minimum absolute atomic E-state index is 0. The fourth-order valence-electron chi connectivity index (χ4n) is 0. The average Bonchev–Trinajstić information content (AvgIpc) is 0.918. The molecular weight excluding hydrogens is 481 g/mol. The molecule has 0 radical (unpaired) electrons. The van der Waals surface area contributed by atoms with E-state index in [2.05, 4.69) is 0 Å². The molecule has 0 aromatic rings. The van der Waals surface area contributed by atoms with Gasteiger partial charge < -0.3 is 5.11 Å². The topological polar surface area (TPSA) is 37.3 Å². The molecule has 0 aromatic carbocycles. The molecule has 0 unspecified atom stereocenters. The quantitative estimate of drug-likeness (QED) is 0.264. The first kappa shape index (κ1) is 150. The Balaban J connectivity index is -0.000000000117. The first-order chi connectivity index (χ1) is 1.41. The van der Waals surface area contributed by atoms with Crippen LogP contribution in [0.25, 0.3) is 0 Å². The molecule has 0 amide bonds. The Morgan fingerprint density at radius 1 is 0.318 bits per heavy atom.